The highest BCUT2D eigenvalue weighted by Crippen LogP contribution is 2.14. The molecule has 0 aromatic heterocycles. The van der Waals surface area contributed by atoms with Gasteiger partial charge in [0.1, 0.15) is 18.1 Å². The van der Waals surface area contributed by atoms with Gasteiger partial charge in [0, 0.05) is 5.41 Å². The number of hydrogen-bond donors (Lipinski definition) is 3. The standard InChI is InChI=1S/C18H33N3O5/c1-10(2)9-13(21-17(25)18(5,6)7)15(23)19-11(3)14(22)20-12(4)16(24)26-8/h10-13H,9H2,1-8H3,(H,19,23)(H,20,22)(H,21,25)/t11-,12-,13+/m0/s1. The predicted octanol–water partition coefficient (Wildman–Crippen LogP) is 0.746. The molecule has 8 nitrogen and oxygen atoms in total. The molecule has 0 saturated heterocycles. The molecule has 0 aromatic carbocycles. The largest absolute Gasteiger partial charge is 0.467 e. The maximum absolute atomic E-state index is 12.5. The second-order valence-electron chi connectivity index (χ2n) is 7.89. The molecule has 0 bridgehead atoms. The summed E-state index contributed by atoms with van der Waals surface area (Å²) in [5.41, 5.74) is -0.631. The Morgan fingerprint density at radius 1 is 0.846 bits per heavy atom. The van der Waals surface area contributed by atoms with E-state index in [0.29, 0.717) is 6.42 Å². The van der Waals surface area contributed by atoms with E-state index in [9.17, 15) is 19.2 Å². The van der Waals surface area contributed by atoms with Crippen LogP contribution in [-0.2, 0) is 23.9 Å². The normalized spacial score (nSPS) is 14.8. The van der Waals surface area contributed by atoms with Gasteiger partial charge in [0.05, 0.1) is 7.11 Å². The van der Waals surface area contributed by atoms with Gasteiger partial charge in [0.15, 0.2) is 0 Å². The van der Waals surface area contributed by atoms with Crippen molar-refractivity contribution in [1.29, 1.82) is 0 Å². The van der Waals surface area contributed by atoms with Crippen molar-refractivity contribution >= 4 is 23.7 Å². The molecule has 8 heteroatoms. The minimum Gasteiger partial charge on any atom is -0.467 e. The number of rotatable bonds is 8. The van der Waals surface area contributed by atoms with Crippen molar-refractivity contribution in [1.82, 2.24) is 16.0 Å². The fourth-order valence-electron chi connectivity index (χ4n) is 2.03. The lowest BCUT2D eigenvalue weighted by Crippen LogP contribution is -2.55. The van der Waals surface area contributed by atoms with Gasteiger partial charge in [0.2, 0.25) is 17.7 Å². The third-order valence-electron chi connectivity index (χ3n) is 3.68. The van der Waals surface area contributed by atoms with Gasteiger partial charge in [-0.2, -0.15) is 0 Å². The van der Waals surface area contributed by atoms with Crippen LogP contribution in [0.4, 0.5) is 0 Å². The average molecular weight is 371 g/mol. The lowest BCUT2D eigenvalue weighted by molar-refractivity contribution is -0.144. The van der Waals surface area contributed by atoms with Gasteiger partial charge < -0.3 is 20.7 Å². The molecule has 0 unspecified atom stereocenters. The van der Waals surface area contributed by atoms with Gasteiger partial charge in [-0.25, -0.2) is 4.79 Å². The van der Waals surface area contributed by atoms with E-state index >= 15 is 0 Å². The van der Waals surface area contributed by atoms with E-state index in [1.807, 2.05) is 13.8 Å². The maximum Gasteiger partial charge on any atom is 0.328 e. The summed E-state index contributed by atoms with van der Waals surface area (Å²) in [5, 5.41) is 7.80. The van der Waals surface area contributed by atoms with Crippen molar-refractivity contribution in [3.05, 3.63) is 0 Å². The Hall–Kier alpha value is -2.12. The third-order valence-corrected chi connectivity index (χ3v) is 3.68. The fourth-order valence-corrected chi connectivity index (χ4v) is 2.03. The van der Waals surface area contributed by atoms with Gasteiger partial charge >= 0.3 is 5.97 Å². The van der Waals surface area contributed by atoms with Crippen molar-refractivity contribution in [3.63, 3.8) is 0 Å². The van der Waals surface area contributed by atoms with E-state index in [-0.39, 0.29) is 11.8 Å². The third kappa shape index (κ3) is 8.31. The summed E-state index contributed by atoms with van der Waals surface area (Å²) >= 11 is 0. The Morgan fingerprint density at radius 2 is 1.35 bits per heavy atom. The summed E-state index contributed by atoms with van der Waals surface area (Å²) in [6.07, 6.45) is 0.445. The van der Waals surface area contributed by atoms with E-state index in [1.54, 1.807) is 20.8 Å². The summed E-state index contributed by atoms with van der Waals surface area (Å²) in [4.78, 5) is 48.2. The van der Waals surface area contributed by atoms with Crippen LogP contribution < -0.4 is 16.0 Å². The molecule has 0 spiro atoms. The number of hydrogen-bond acceptors (Lipinski definition) is 5. The Balaban J connectivity index is 4.93. The molecule has 0 aliphatic heterocycles. The molecule has 0 aromatic rings. The molecular formula is C18H33N3O5. The van der Waals surface area contributed by atoms with E-state index in [0.717, 1.165) is 0 Å². The first-order valence-electron chi connectivity index (χ1n) is 8.79. The number of carbonyl (C=O) groups excluding carboxylic acids is 4. The second-order valence-corrected chi connectivity index (χ2v) is 7.89. The zero-order valence-electron chi connectivity index (χ0n) is 17.1. The quantitative estimate of drug-likeness (QED) is 0.545. The van der Waals surface area contributed by atoms with Crippen molar-refractivity contribution in [3.8, 4) is 0 Å². The van der Waals surface area contributed by atoms with E-state index in [1.165, 1.54) is 21.0 Å². The molecular weight excluding hydrogens is 338 g/mol. The Labute approximate surface area is 155 Å². The van der Waals surface area contributed by atoms with Crippen LogP contribution in [0.25, 0.3) is 0 Å². The van der Waals surface area contributed by atoms with Crippen LogP contribution in [0.5, 0.6) is 0 Å². The number of nitrogens with one attached hydrogen (secondary N) is 3. The summed E-state index contributed by atoms with van der Waals surface area (Å²) < 4.78 is 4.54. The molecule has 0 aliphatic carbocycles. The minimum atomic E-state index is -0.865. The molecule has 0 radical (unpaired) electrons. The van der Waals surface area contributed by atoms with Gasteiger partial charge in [-0.05, 0) is 26.2 Å². The van der Waals surface area contributed by atoms with Gasteiger partial charge in [-0.3, -0.25) is 14.4 Å². The van der Waals surface area contributed by atoms with Crippen LogP contribution in [0, 0.1) is 11.3 Å². The SMILES string of the molecule is COC(=O)[C@H](C)NC(=O)[C@H](C)NC(=O)[C@@H](CC(C)C)NC(=O)C(C)(C)C. The second kappa shape index (κ2) is 10.1. The number of esters is 1. The zero-order valence-corrected chi connectivity index (χ0v) is 17.1. The summed E-state index contributed by atoms with van der Waals surface area (Å²) in [6, 6.07) is -2.43. The smallest absolute Gasteiger partial charge is 0.328 e. The number of carbonyl (C=O) groups is 4. The highest BCUT2D eigenvalue weighted by Gasteiger charge is 2.30. The van der Waals surface area contributed by atoms with Crippen LogP contribution in [-0.4, -0.2) is 48.9 Å². The van der Waals surface area contributed by atoms with Crippen LogP contribution in [0.3, 0.4) is 0 Å². The monoisotopic (exact) mass is 371 g/mol. The van der Waals surface area contributed by atoms with Crippen molar-refractivity contribution < 1.29 is 23.9 Å². The number of ether oxygens (including phenoxy) is 1. The minimum absolute atomic E-state index is 0.175. The topological polar surface area (TPSA) is 114 Å². The lowest BCUT2D eigenvalue weighted by Gasteiger charge is -2.26. The lowest BCUT2D eigenvalue weighted by atomic mass is 9.94. The highest BCUT2D eigenvalue weighted by atomic mass is 16.5. The first-order chi connectivity index (χ1) is 11.8. The van der Waals surface area contributed by atoms with Crippen LogP contribution in [0.15, 0.2) is 0 Å². The molecule has 0 heterocycles. The highest BCUT2D eigenvalue weighted by molar-refractivity contribution is 5.93. The van der Waals surface area contributed by atoms with Crippen LogP contribution >= 0.6 is 0 Å². The molecule has 0 saturated carbocycles. The van der Waals surface area contributed by atoms with Crippen molar-refractivity contribution in [2.75, 3.05) is 7.11 Å². The van der Waals surface area contributed by atoms with E-state index < -0.39 is 41.3 Å². The van der Waals surface area contributed by atoms with Gasteiger partial charge in [-0.15, -0.1) is 0 Å². The first kappa shape index (κ1) is 23.9. The van der Waals surface area contributed by atoms with E-state index in [2.05, 4.69) is 20.7 Å². The molecule has 0 rings (SSSR count). The summed E-state index contributed by atoms with van der Waals surface area (Å²) in [5.74, 6) is -1.59. The fraction of sp³-hybridized carbons (Fsp3) is 0.778. The molecule has 0 aliphatic rings. The average Bonchev–Trinajstić information content (AvgIpc) is 2.51. The molecule has 3 amide bonds. The maximum atomic E-state index is 12.5. The van der Waals surface area contributed by atoms with Crippen LogP contribution in [0.1, 0.15) is 54.9 Å². The summed E-state index contributed by atoms with van der Waals surface area (Å²) in [7, 11) is 1.23. The molecule has 26 heavy (non-hydrogen) atoms. The van der Waals surface area contributed by atoms with Gasteiger partial charge in [0.25, 0.3) is 0 Å². The zero-order chi connectivity index (χ0) is 20.7. The van der Waals surface area contributed by atoms with E-state index in [4.69, 9.17) is 0 Å². The number of amides is 3. The molecule has 3 N–H and O–H groups in total. The number of methoxy groups -OCH3 is 1. The Morgan fingerprint density at radius 3 is 1.77 bits per heavy atom. The van der Waals surface area contributed by atoms with Crippen LogP contribution in [0.2, 0.25) is 0 Å². The first-order valence-corrected chi connectivity index (χ1v) is 8.79. The summed E-state index contributed by atoms with van der Waals surface area (Å²) in [6.45, 7) is 12.2. The van der Waals surface area contributed by atoms with Crippen molar-refractivity contribution in [2.24, 2.45) is 11.3 Å². The Bertz CT molecular complexity index is 525. The molecule has 3 atom stereocenters. The Kier molecular flexibility index (Phi) is 9.31. The van der Waals surface area contributed by atoms with Gasteiger partial charge in [-0.1, -0.05) is 34.6 Å². The molecule has 0 fully saturated rings. The predicted molar refractivity (Wildman–Crippen MR) is 98.1 cm³/mol. The van der Waals surface area contributed by atoms with Crippen molar-refractivity contribution in [2.45, 2.75) is 73.0 Å². The molecule has 150 valence electrons.